The maximum Gasteiger partial charge on any atom is 0.353 e. The Bertz CT molecular complexity index is 1020. The lowest BCUT2D eigenvalue weighted by atomic mass is 10.2. The second-order valence-corrected chi connectivity index (χ2v) is 7.30. The Morgan fingerprint density at radius 3 is 2.59 bits per heavy atom. The van der Waals surface area contributed by atoms with Gasteiger partial charge in [0.2, 0.25) is 0 Å². The summed E-state index contributed by atoms with van der Waals surface area (Å²) in [6.07, 6.45) is 1.45. The summed E-state index contributed by atoms with van der Waals surface area (Å²) < 4.78 is 10.6. The van der Waals surface area contributed by atoms with Gasteiger partial charge in [-0.3, -0.25) is 4.79 Å². The molecule has 1 amide bonds. The Balaban J connectivity index is 1.46. The summed E-state index contributed by atoms with van der Waals surface area (Å²) in [4.78, 5) is 24.2. The van der Waals surface area contributed by atoms with Crippen molar-refractivity contribution in [3.05, 3.63) is 80.5 Å². The molecule has 0 aliphatic heterocycles. The first kappa shape index (κ1) is 20.9. The van der Waals surface area contributed by atoms with E-state index in [9.17, 15) is 9.59 Å². The molecule has 3 rings (SSSR count). The number of hydrogen-bond acceptors (Lipinski definition) is 6. The van der Waals surface area contributed by atoms with Gasteiger partial charge in [0.15, 0.2) is 6.61 Å². The minimum atomic E-state index is -0.459. The number of amides is 1. The van der Waals surface area contributed by atoms with Crippen LogP contribution in [0.2, 0.25) is 10.0 Å². The average molecular weight is 449 g/mol. The highest BCUT2D eigenvalue weighted by atomic mass is 35.5. The van der Waals surface area contributed by atoms with Crippen LogP contribution in [0.3, 0.4) is 0 Å². The molecule has 0 atom stereocenters. The lowest BCUT2D eigenvalue weighted by Gasteiger charge is -2.07. The zero-order valence-electron chi connectivity index (χ0n) is 14.8. The van der Waals surface area contributed by atoms with Crippen molar-refractivity contribution in [1.82, 2.24) is 5.43 Å². The SMILES string of the molecule is O=C(COc1cccc(Cl)c1Cl)N/N=C\c1ccc(OC(=O)c2cccs2)cc1. The minimum absolute atomic E-state index is 0.241. The quantitative estimate of drug-likeness (QED) is 0.243. The molecule has 2 aromatic carbocycles. The van der Waals surface area contributed by atoms with Crippen LogP contribution in [-0.4, -0.2) is 24.7 Å². The van der Waals surface area contributed by atoms with Gasteiger partial charge in [-0.1, -0.05) is 35.3 Å². The molecule has 0 spiro atoms. The number of halogens is 2. The zero-order valence-corrected chi connectivity index (χ0v) is 17.1. The van der Waals surface area contributed by atoms with E-state index in [1.807, 2.05) is 0 Å². The molecular formula is C20H14Cl2N2O4S. The highest BCUT2D eigenvalue weighted by Crippen LogP contribution is 2.31. The van der Waals surface area contributed by atoms with Crippen LogP contribution in [-0.2, 0) is 4.79 Å². The fourth-order valence-corrected chi connectivity index (χ4v) is 3.07. The Hall–Kier alpha value is -2.87. The van der Waals surface area contributed by atoms with E-state index in [2.05, 4.69) is 10.5 Å². The van der Waals surface area contributed by atoms with Gasteiger partial charge in [-0.15, -0.1) is 11.3 Å². The third kappa shape index (κ3) is 6.05. The molecule has 0 unspecified atom stereocenters. The normalized spacial score (nSPS) is 10.7. The van der Waals surface area contributed by atoms with Crippen LogP contribution < -0.4 is 14.9 Å². The van der Waals surface area contributed by atoms with Crippen LogP contribution in [0.1, 0.15) is 15.2 Å². The maximum atomic E-state index is 11.9. The molecule has 9 heteroatoms. The van der Waals surface area contributed by atoms with Gasteiger partial charge in [0.05, 0.1) is 11.2 Å². The van der Waals surface area contributed by atoms with Crippen molar-refractivity contribution in [2.75, 3.05) is 6.61 Å². The standard InChI is InChI=1S/C20H14Cl2N2O4S/c21-15-3-1-4-16(19(15)22)27-12-18(25)24-23-11-13-6-8-14(9-7-13)28-20(26)17-5-2-10-29-17/h1-11H,12H2,(H,24,25)/b23-11-. The molecule has 0 aliphatic rings. The summed E-state index contributed by atoms with van der Waals surface area (Å²) in [5, 5.41) is 6.24. The van der Waals surface area contributed by atoms with Gasteiger partial charge in [0.1, 0.15) is 21.4 Å². The number of esters is 1. The predicted octanol–water partition coefficient (Wildman–Crippen LogP) is 4.80. The molecule has 1 N–H and O–H groups in total. The third-order valence-corrected chi connectivity index (χ3v) is 5.14. The van der Waals surface area contributed by atoms with Crippen LogP contribution in [0.15, 0.2) is 65.1 Å². The molecule has 3 aromatic rings. The van der Waals surface area contributed by atoms with Crippen LogP contribution >= 0.6 is 34.5 Å². The van der Waals surface area contributed by atoms with Crippen molar-refractivity contribution in [3.8, 4) is 11.5 Å². The van der Waals surface area contributed by atoms with E-state index < -0.39 is 11.9 Å². The van der Waals surface area contributed by atoms with Crippen molar-refractivity contribution in [3.63, 3.8) is 0 Å². The predicted molar refractivity (Wildman–Crippen MR) is 113 cm³/mol. The van der Waals surface area contributed by atoms with E-state index in [0.717, 1.165) is 0 Å². The number of nitrogens with one attached hydrogen (secondary N) is 1. The third-order valence-electron chi connectivity index (χ3n) is 3.49. The molecular weight excluding hydrogens is 435 g/mol. The van der Waals surface area contributed by atoms with E-state index in [-0.39, 0.29) is 11.6 Å². The number of thiophene rings is 1. The Morgan fingerprint density at radius 2 is 1.86 bits per heavy atom. The minimum Gasteiger partial charge on any atom is -0.482 e. The number of nitrogens with zero attached hydrogens (tertiary/aromatic N) is 1. The molecule has 0 radical (unpaired) electrons. The molecule has 148 valence electrons. The molecule has 0 saturated carbocycles. The van der Waals surface area contributed by atoms with Crippen molar-refractivity contribution >= 4 is 52.6 Å². The number of rotatable bonds is 7. The molecule has 1 aromatic heterocycles. The molecule has 1 heterocycles. The largest absolute Gasteiger partial charge is 0.482 e. The fraction of sp³-hybridized carbons (Fsp3) is 0.0500. The van der Waals surface area contributed by atoms with E-state index in [4.69, 9.17) is 32.7 Å². The number of ether oxygens (including phenoxy) is 2. The van der Waals surface area contributed by atoms with Gasteiger partial charge < -0.3 is 9.47 Å². The summed E-state index contributed by atoms with van der Waals surface area (Å²) in [6, 6.07) is 15.1. The second kappa shape index (κ2) is 10.1. The monoisotopic (exact) mass is 448 g/mol. The number of carbonyl (C=O) groups excluding carboxylic acids is 2. The summed E-state index contributed by atoms with van der Waals surface area (Å²) in [7, 11) is 0. The summed E-state index contributed by atoms with van der Waals surface area (Å²) in [5.74, 6) is -0.144. The van der Waals surface area contributed by atoms with Crippen molar-refractivity contribution in [2.45, 2.75) is 0 Å². The van der Waals surface area contributed by atoms with Gasteiger partial charge >= 0.3 is 5.97 Å². The first-order valence-electron chi connectivity index (χ1n) is 8.27. The van der Waals surface area contributed by atoms with E-state index in [1.54, 1.807) is 60.0 Å². The van der Waals surface area contributed by atoms with E-state index >= 15 is 0 Å². The highest BCUT2D eigenvalue weighted by molar-refractivity contribution is 7.12. The molecule has 0 aliphatic carbocycles. The average Bonchev–Trinajstić information content (AvgIpc) is 3.25. The van der Waals surface area contributed by atoms with Gasteiger partial charge in [-0.05, 0) is 53.4 Å². The zero-order chi connectivity index (χ0) is 20.6. The van der Waals surface area contributed by atoms with E-state index in [1.165, 1.54) is 17.6 Å². The van der Waals surface area contributed by atoms with Gasteiger partial charge in [0.25, 0.3) is 5.91 Å². The van der Waals surface area contributed by atoms with Gasteiger partial charge in [0, 0.05) is 0 Å². The van der Waals surface area contributed by atoms with Crippen molar-refractivity contribution in [2.24, 2.45) is 5.10 Å². The van der Waals surface area contributed by atoms with Crippen molar-refractivity contribution < 1.29 is 19.1 Å². The number of hydrogen-bond donors (Lipinski definition) is 1. The van der Waals surface area contributed by atoms with Crippen LogP contribution in [0.4, 0.5) is 0 Å². The van der Waals surface area contributed by atoms with E-state index in [0.29, 0.717) is 27.0 Å². The van der Waals surface area contributed by atoms with Crippen LogP contribution in [0, 0.1) is 0 Å². The summed E-state index contributed by atoms with van der Waals surface area (Å²) in [5.41, 5.74) is 3.05. The number of hydrazone groups is 1. The maximum absolute atomic E-state index is 11.9. The number of benzene rings is 2. The summed E-state index contributed by atoms with van der Waals surface area (Å²) >= 11 is 13.2. The molecule has 0 fully saturated rings. The highest BCUT2D eigenvalue weighted by Gasteiger charge is 2.09. The lowest BCUT2D eigenvalue weighted by Crippen LogP contribution is -2.24. The Morgan fingerprint density at radius 1 is 1.07 bits per heavy atom. The molecule has 0 saturated heterocycles. The first-order chi connectivity index (χ1) is 14.0. The van der Waals surface area contributed by atoms with Crippen molar-refractivity contribution in [1.29, 1.82) is 0 Å². The Kier molecular flexibility index (Phi) is 7.24. The second-order valence-electron chi connectivity index (χ2n) is 5.57. The molecule has 6 nitrogen and oxygen atoms in total. The smallest absolute Gasteiger partial charge is 0.353 e. The van der Waals surface area contributed by atoms with Crippen LogP contribution in [0.25, 0.3) is 0 Å². The topological polar surface area (TPSA) is 77.0 Å². The summed E-state index contributed by atoms with van der Waals surface area (Å²) in [6.45, 7) is -0.269. The fourth-order valence-electron chi connectivity index (χ4n) is 2.12. The lowest BCUT2D eigenvalue weighted by molar-refractivity contribution is -0.123. The Labute approximate surface area is 180 Å². The number of carbonyl (C=O) groups is 2. The molecule has 29 heavy (non-hydrogen) atoms. The van der Waals surface area contributed by atoms with Crippen LogP contribution in [0.5, 0.6) is 11.5 Å². The van der Waals surface area contributed by atoms with Gasteiger partial charge in [-0.25, -0.2) is 10.2 Å². The van der Waals surface area contributed by atoms with Gasteiger partial charge in [-0.2, -0.15) is 5.10 Å². The first-order valence-corrected chi connectivity index (χ1v) is 9.91. The molecule has 0 bridgehead atoms.